The summed E-state index contributed by atoms with van der Waals surface area (Å²) in [5, 5.41) is 15.1. The Morgan fingerprint density at radius 2 is 1.85 bits per heavy atom. The molecule has 0 unspecified atom stereocenters. The Morgan fingerprint density at radius 1 is 1.20 bits per heavy atom. The van der Waals surface area contributed by atoms with Crippen molar-refractivity contribution in [3.05, 3.63) is 0 Å². The molecule has 0 aromatic rings. The van der Waals surface area contributed by atoms with Gasteiger partial charge in [-0.3, -0.25) is 4.79 Å². The Kier molecular flexibility index (Phi) is 7.41. The normalized spacial score (nSPS) is 19.4. The van der Waals surface area contributed by atoms with Crippen LogP contribution in [-0.2, 0) is 4.79 Å². The maximum absolute atomic E-state index is 12.5. The van der Waals surface area contributed by atoms with Gasteiger partial charge in [0.1, 0.15) is 5.41 Å². The number of oxime groups is 1. The van der Waals surface area contributed by atoms with E-state index in [1.165, 1.54) is 12.8 Å². The maximum Gasteiger partial charge on any atom is 0.233 e. The first-order valence-corrected chi connectivity index (χ1v) is 7.93. The smallest absolute Gasteiger partial charge is 0.233 e. The van der Waals surface area contributed by atoms with E-state index < -0.39 is 5.41 Å². The molecule has 1 amide bonds. The van der Waals surface area contributed by atoms with E-state index in [1.807, 2.05) is 0 Å². The van der Waals surface area contributed by atoms with Gasteiger partial charge in [-0.2, -0.15) is 0 Å². The zero-order chi connectivity index (χ0) is 14.8. The molecule has 1 saturated carbocycles. The van der Waals surface area contributed by atoms with E-state index in [9.17, 15) is 4.79 Å². The van der Waals surface area contributed by atoms with E-state index >= 15 is 0 Å². The third-order valence-electron chi connectivity index (χ3n) is 4.31. The summed E-state index contributed by atoms with van der Waals surface area (Å²) in [5.74, 6) is 0.0108. The molecule has 0 spiro atoms. The summed E-state index contributed by atoms with van der Waals surface area (Å²) < 4.78 is 0. The standard InChI is InChI=1S/C15H29N3O2/c1-2-3-4-9-12-17-14(19)15(13(16)18-20)10-7-5-6-8-11-15/h20H,2-12H2,1H3,(H2,16,18)(H,17,19). The molecule has 116 valence electrons. The number of nitrogens with one attached hydrogen (secondary N) is 1. The Labute approximate surface area is 122 Å². The van der Waals surface area contributed by atoms with E-state index in [4.69, 9.17) is 10.9 Å². The van der Waals surface area contributed by atoms with Gasteiger partial charge in [-0.25, -0.2) is 0 Å². The van der Waals surface area contributed by atoms with Crippen molar-refractivity contribution in [3.63, 3.8) is 0 Å². The minimum Gasteiger partial charge on any atom is -0.409 e. The summed E-state index contributed by atoms with van der Waals surface area (Å²) in [6.45, 7) is 2.84. The quantitative estimate of drug-likeness (QED) is 0.168. The van der Waals surface area contributed by atoms with E-state index in [2.05, 4.69) is 17.4 Å². The molecule has 20 heavy (non-hydrogen) atoms. The average Bonchev–Trinajstić information content (AvgIpc) is 2.72. The highest BCUT2D eigenvalue weighted by atomic mass is 16.4. The van der Waals surface area contributed by atoms with Crippen LogP contribution in [0.1, 0.15) is 71.1 Å². The van der Waals surface area contributed by atoms with Crippen molar-refractivity contribution in [2.24, 2.45) is 16.3 Å². The van der Waals surface area contributed by atoms with Crippen molar-refractivity contribution < 1.29 is 10.0 Å². The first-order chi connectivity index (χ1) is 9.67. The van der Waals surface area contributed by atoms with Crippen LogP contribution in [0.25, 0.3) is 0 Å². The minimum absolute atomic E-state index is 0.0637. The zero-order valence-corrected chi connectivity index (χ0v) is 12.7. The van der Waals surface area contributed by atoms with Crippen molar-refractivity contribution in [1.82, 2.24) is 5.32 Å². The molecule has 4 N–H and O–H groups in total. The van der Waals surface area contributed by atoms with Gasteiger partial charge in [0.05, 0.1) is 0 Å². The maximum atomic E-state index is 12.5. The number of unbranched alkanes of at least 4 members (excludes halogenated alkanes) is 3. The number of hydrogen-bond donors (Lipinski definition) is 3. The van der Waals surface area contributed by atoms with Crippen LogP contribution < -0.4 is 11.1 Å². The number of hydrogen-bond acceptors (Lipinski definition) is 3. The molecule has 0 bridgehead atoms. The fraction of sp³-hybridized carbons (Fsp3) is 0.867. The van der Waals surface area contributed by atoms with E-state index in [0.717, 1.165) is 38.5 Å². The lowest BCUT2D eigenvalue weighted by atomic mass is 9.78. The van der Waals surface area contributed by atoms with Gasteiger partial charge in [-0.05, 0) is 19.3 Å². The highest BCUT2D eigenvalue weighted by molar-refractivity contribution is 6.06. The summed E-state index contributed by atoms with van der Waals surface area (Å²) in [6.07, 6.45) is 10.0. The lowest BCUT2D eigenvalue weighted by molar-refractivity contribution is -0.128. The van der Waals surface area contributed by atoms with Crippen molar-refractivity contribution >= 4 is 11.7 Å². The van der Waals surface area contributed by atoms with Crippen LogP contribution in [0.15, 0.2) is 5.16 Å². The van der Waals surface area contributed by atoms with Crippen molar-refractivity contribution in [2.45, 2.75) is 71.1 Å². The predicted molar refractivity (Wildman–Crippen MR) is 80.7 cm³/mol. The molecular weight excluding hydrogens is 254 g/mol. The molecule has 0 heterocycles. The number of carbonyl (C=O) groups excluding carboxylic acids is 1. The first-order valence-electron chi connectivity index (χ1n) is 7.93. The van der Waals surface area contributed by atoms with Gasteiger partial charge >= 0.3 is 0 Å². The minimum atomic E-state index is -0.796. The van der Waals surface area contributed by atoms with Gasteiger partial charge in [-0.1, -0.05) is 57.0 Å². The fourth-order valence-electron chi connectivity index (χ4n) is 2.95. The molecular formula is C15H29N3O2. The van der Waals surface area contributed by atoms with Gasteiger partial charge in [0, 0.05) is 6.54 Å². The Hall–Kier alpha value is -1.26. The molecule has 0 aromatic heterocycles. The van der Waals surface area contributed by atoms with Crippen LogP contribution >= 0.6 is 0 Å². The van der Waals surface area contributed by atoms with Crippen LogP contribution in [0.3, 0.4) is 0 Å². The van der Waals surface area contributed by atoms with Crippen molar-refractivity contribution in [1.29, 1.82) is 0 Å². The number of rotatable bonds is 7. The van der Waals surface area contributed by atoms with Gasteiger partial charge in [0.2, 0.25) is 5.91 Å². The predicted octanol–water partition coefficient (Wildman–Crippen LogP) is 2.77. The van der Waals surface area contributed by atoms with E-state index in [-0.39, 0.29) is 11.7 Å². The molecule has 0 aromatic carbocycles. The topological polar surface area (TPSA) is 87.7 Å². The molecule has 0 atom stereocenters. The molecule has 5 nitrogen and oxygen atoms in total. The van der Waals surface area contributed by atoms with Gasteiger partial charge in [-0.15, -0.1) is 0 Å². The van der Waals surface area contributed by atoms with Gasteiger partial charge < -0.3 is 16.3 Å². The number of nitrogens with two attached hydrogens (primary N) is 1. The second-order valence-electron chi connectivity index (χ2n) is 5.80. The third-order valence-corrected chi connectivity index (χ3v) is 4.31. The van der Waals surface area contributed by atoms with Gasteiger partial charge in [0.25, 0.3) is 0 Å². The van der Waals surface area contributed by atoms with Crippen molar-refractivity contribution in [2.75, 3.05) is 6.54 Å². The Balaban J connectivity index is 2.60. The van der Waals surface area contributed by atoms with Crippen LogP contribution in [0.5, 0.6) is 0 Å². The SMILES string of the molecule is CCCCCCNC(=O)C1(C(N)=NO)CCCCCC1. The number of nitrogens with zero attached hydrogens (tertiary/aromatic N) is 1. The molecule has 1 rings (SSSR count). The van der Waals surface area contributed by atoms with Gasteiger partial charge in [0.15, 0.2) is 5.84 Å². The number of amidine groups is 1. The van der Waals surface area contributed by atoms with Crippen molar-refractivity contribution in [3.8, 4) is 0 Å². The largest absolute Gasteiger partial charge is 0.409 e. The number of carbonyl (C=O) groups is 1. The summed E-state index contributed by atoms with van der Waals surface area (Å²) in [6, 6.07) is 0. The highest BCUT2D eigenvalue weighted by Gasteiger charge is 2.42. The fourth-order valence-corrected chi connectivity index (χ4v) is 2.95. The van der Waals surface area contributed by atoms with E-state index in [1.54, 1.807) is 0 Å². The van der Waals surface area contributed by atoms with Crippen LogP contribution in [-0.4, -0.2) is 23.5 Å². The highest BCUT2D eigenvalue weighted by Crippen LogP contribution is 2.35. The van der Waals surface area contributed by atoms with Crippen LogP contribution in [0.4, 0.5) is 0 Å². The molecule has 0 radical (unpaired) electrons. The monoisotopic (exact) mass is 283 g/mol. The molecule has 1 aliphatic rings. The first kappa shape index (κ1) is 16.8. The third kappa shape index (κ3) is 4.39. The summed E-state index contributed by atoms with van der Waals surface area (Å²) >= 11 is 0. The zero-order valence-electron chi connectivity index (χ0n) is 12.7. The summed E-state index contributed by atoms with van der Waals surface area (Å²) in [7, 11) is 0. The Morgan fingerprint density at radius 3 is 2.40 bits per heavy atom. The molecule has 1 aliphatic carbocycles. The molecule has 0 aliphatic heterocycles. The summed E-state index contributed by atoms with van der Waals surface area (Å²) in [5.41, 5.74) is 5.05. The van der Waals surface area contributed by atoms with E-state index in [0.29, 0.717) is 19.4 Å². The number of amides is 1. The molecule has 5 heteroatoms. The lowest BCUT2D eigenvalue weighted by Crippen LogP contribution is -2.49. The molecule has 0 saturated heterocycles. The Bertz CT molecular complexity index is 321. The second-order valence-corrected chi connectivity index (χ2v) is 5.80. The summed E-state index contributed by atoms with van der Waals surface area (Å²) in [4.78, 5) is 12.5. The second kappa shape index (κ2) is 8.82. The van der Waals surface area contributed by atoms with Crippen LogP contribution in [0.2, 0.25) is 0 Å². The van der Waals surface area contributed by atoms with Crippen LogP contribution in [0, 0.1) is 5.41 Å². The average molecular weight is 283 g/mol. The lowest BCUT2D eigenvalue weighted by Gasteiger charge is -2.29. The molecule has 1 fully saturated rings.